The van der Waals surface area contributed by atoms with Gasteiger partial charge in [-0.1, -0.05) is 18.2 Å². The summed E-state index contributed by atoms with van der Waals surface area (Å²) in [6, 6.07) is 13.2. The number of rotatable bonds is 2. The van der Waals surface area contributed by atoms with Gasteiger partial charge in [-0.25, -0.2) is 9.98 Å². The lowest BCUT2D eigenvalue weighted by molar-refractivity contribution is -0.122. The monoisotopic (exact) mass is 293 g/mol. The van der Waals surface area contributed by atoms with Crippen molar-refractivity contribution in [1.29, 1.82) is 0 Å². The Balaban J connectivity index is 1.95. The molecular formula is C17H15N3O2. The molecule has 1 spiro atoms. The van der Waals surface area contributed by atoms with Crippen LogP contribution < -0.4 is 20.4 Å². The lowest BCUT2D eigenvalue weighted by Gasteiger charge is -2.15. The Labute approximate surface area is 127 Å². The molecule has 0 bridgehead atoms. The average molecular weight is 293 g/mol. The summed E-state index contributed by atoms with van der Waals surface area (Å²) in [5.41, 5.74) is 0.521. The summed E-state index contributed by atoms with van der Waals surface area (Å²) in [6.45, 7) is 2.52. The van der Waals surface area contributed by atoms with E-state index in [0.29, 0.717) is 12.0 Å². The number of benzene rings is 2. The van der Waals surface area contributed by atoms with E-state index in [9.17, 15) is 4.79 Å². The minimum Gasteiger partial charge on any atom is -0.494 e. The molecule has 1 atom stereocenters. The standard InChI is InChI=1S/C17H15N3O2/c1-3-22-11-8-9-13-14(10-11)19-17(18-13)12-6-4-5-7-15(12)20(2)16(17)21/h4-10H,3H2,1-2H3/t17-/m0/s1. The maximum atomic E-state index is 12.8. The van der Waals surface area contributed by atoms with Crippen LogP contribution in [0.2, 0.25) is 0 Å². The van der Waals surface area contributed by atoms with Crippen LogP contribution in [0.15, 0.2) is 52.4 Å². The van der Waals surface area contributed by atoms with Crippen LogP contribution in [-0.2, 0) is 10.5 Å². The minimum absolute atomic E-state index is 0.122. The van der Waals surface area contributed by atoms with E-state index < -0.39 is 5.66 Å². The first-order chi connectivity index (χ1) is 10.7. The fraction of sp³-hybridized carbons (Fsp3) is 0.235. The molecule has 0 aromatic heterocycles. The summed E-state index contributed by atoms with van der Waals surface area (Å²) in [6.07, 6.45) is 0. The Morgan fingerprint density at radius 2 is 1.91 bits per heavy atom. The van der Waals surface area contributed by atoms with E-state index in [4.69, 9.17) is 4.74 Å². The van der Waals surface area contributed by atoms with Gasteiger partial charge in [-0.3, -0.25) is 4.79 Å². The topological polar surface area (TPSA) is 54.3 Å². The molecule has 5 heteroatoms. The zero-order valence-electron chi connectivity index (χ0n) is 12.4. The van der Waals surface area contributed by atoms with Gasteiger partial charge in [0.25, 0.3) is 11.6 Å². The summed E-state index contributed by atoms with van der Waals surface area (Å²) in [5.74, 6) is 0.618. The number of para-hydroxylation sites is 1. The zero-order chi connectivity index (χ0) is 15.3. The lowest BCUT2D eigenvalue weighted by Crippen LogP contribution is -2.35. The molecule has 2 heterocycles. The predicted octanol–water partition coefficient (Wildman–Crippen LogP) is 1.17. The summed E-state index contributed by atoms with van der Waals surface area (Å²) in [4.78, 5) is 23.7. The highest BCUT2D eigenvalue weighted by atomic mass is 16.5. The Hall–Kier alpha value is -2.69. The average Bonchev–Trinajstić information content (AvgIpc) is 3.01. The number of hydrogen-bond donors (Lipinski definition) is 0. The molecule has 1 amide bonds. The van der Waals surface area contributed by atoms with Crippen LogP contribution in [0.25, 0.3) is 0 Å². The largest absolute Gasteiger partial charge is 0.494 e. The first-order valence-electron chi connectivity index (χ1n) is 7.26. The quantitative estimate of drug-likeness (QED) is 0.834. The lowest BCUT2D eigenvalue weighted by atomic mass is 10.0. The Bertz CT molecular complexity index is 906. The highest BCUT2D eigenvalue weighted by Gasteiger charge is 2.51. The van der Waals surface area contributed by atoms with E-state index in [1.807, 2.05) is 49.4 Å². The van der Waals surface area contributed by atoms with E-state index in [0.717, 1.165) is 22.4 Å². The van der Waals surface area contributed by atoms with Crippen molar-refractivity contribution >= 4 is 11.6 Å². The molecule has 0 unspecified atom stereocenters. The van der Waals surface area contributed by atoms with Crippen molar-refractivity contribution in [2.75, 3.05) is 18.6 Å². The second-order valence-electron chi connectivity index (χ2n) is 5.36. The molecule has 0 saturated carbocycles. The van der Waals surface area contributed by atoms with Crippen molar-refractivity contribution in [3.05, 3.63) is 58.7 Å². The molecule has 2 aliphatic rings. The maximum absolute atomic E-state index is 12.8. The second-order valence-corrected chi connectivity index (χ2v) is 5.36. The molecule has 2 aromatic carbocycles. The van der Waals surface area contributed by atoms with E-state index in [1.54, 1.807) is 11.9 Å². The number of fused-ring (bicyclic) bond motifs is 3. The number of hydrogen-bond acceptors (Lipinski definition) is 4. The Kier molecular flexibility index (Phi) is 2.60. The van der Waals surface area contributed by atoms with Gasteiger partial charge < -0.3 is 9.64 Å². The molecule has 110 valence electrons. The fourth-order valence-corrected chi connectivity index (χ4v) is 3.05. The van der Waals surface area contributed by atoms with Crippen LogP contribution in [0, 0.1) is 0 Å². The van der Waals surface area contributed by atoms with Crippen molar-refractivity contribution in [2.45, 2.75) is 12.6 Å². The van der Waals surface area contributed by atoms with Crippen molar-refractivity contribution in [1.82, 2.24) is 0 Å². The van der Waals surface area contributed by atoms with E-state index in [-0.39, 0.29) is 5.91 Å². The number of likely N-dealkylation sites (N-methyl/N-ethyl adjacent to an activating group) is 1. The molecule has 0 N–H and O–H groups in total. The van der Waals surface area contributed by atoms with Gasteiger partial charge in [0, 0.05) is 18.7 Å². The second kappa shape index (κ2) is 4.40. The smallest absolute Gasteiger partial charge is 0.282 e. The van der Waals surface area contributed by atoms with Crippen LogP contribution in [0.1, 0.15) is 12.5 Å². The van der Waals surface area contributed by atoms with Crippen LogP contribution >= 0.6 is 0 Å². The first-order valence-corrected chi connectivity index (χ1v) is 7.26. The van der Waals surface area contributed by atoms with Gasteiger partial charge in [-0.05, 0) is 25.1 Å². The van der Waals surface area contributed by atoms with Crippen LogP contribution in [0.4, 0.5) is 5.69 Å². The number of ether oxygens (including phenoxy) is 1. The third-order valence-corrected chi connectivity index (χ3v) is 4.07. The Morgan fingerprint density at radius 3 is 2.73 bits per heavy atom. The molecule has 5 nitrogen and oxygen atoms in total. The number of carbonyl (C=O) groups excluding carboxylic acids is 1. The zero-order valence-corrected chi connectivity index (χ0v) is 12.4. The van der Waals surface area contributed by atoms with E-state index in [2.05, 4.69) is 9.98 Å². The Morgan fingerprint density at radius 1 is 1.14 bits per heavy atom. The third-order valence-electron chi connectivity index (χ3n) is 4.07. The highest BCUT2D eigenvalue weighted by Crippen LogP contribution is 2.43. The van der Waals surface area contributed by atoms with Gasteiger partial charge >= 0.3 is 0 Å². The number of anilines is 1. The van der Waals surface area contributed by atoms with Crippen molar-refractivity contribution in [2.24, 2.45) is 9.98 Å². The van der Waals surface area contributed by atoms with E-state index in [1.165, 1.54) is 0 Å². The molecule has 22 heavy (non-hydrogen) atoms. The van der Waals surface area contributed by atoms with Crippen LogP contribution in [0.3, 0.4) is 0 Å². The van der Waals surface area contributed by atoms with Crippen LogP contribution in [-0.4, -0.2) is 19.6 Å². The molecule has 0 aliphatic carbocycles. The highest BCUT2D eigenvalue weighted by molar-refractivity contribution is 6.07. The maximum Gasteiger partial charge on any atom is 0.282 e. The first kappa shape index (κ1) is 13.0. The SMILES string of the molecule is CCOc1ccc2c(c1)=N[C@]1(N=2)C(=O)N(C)c2ccccc21. The predicted molar refractivity (Wildman–Crippen MR) is 81.5 cm³/mol. The van der Waals surface area contributed by atoms with Crippen molar-refractivity contribution < 1.29 is 9.53 Å². The number of amides is 1. The summed E-state index contributed by atoms with van der Waals surface area (Å²) in [7, 11) is 1.76. The van der Waals surface area contributed by atoms with Gasteiger partial charge in [0.15, 0.2) is 0 Å². The van der Waals surface area contributed by atoms with Gasteiger partial charge in [0.1, 0.15) is 5.75 Å². The van der Waals surface area contributed by atoms with Gasteiger partial charge in [0.05, 0.1) is 23.0 Å². The van der Waals surface area contributed by atoms with Gasteiger partial charge in [-0.15, -0.1) is 0 Å². The molecule has 2 aromatic rings. The molecule has 0 fully saturated rings. The minimum atomic E-state index is -1.17. The van der Waals surface area contributed by atoms with Gasteiger partial charge in [0.2, 0.25) is 0 Å². The van der Waals surface area contributed by atoms with Crippen LogP contribution in [0.5, 0.6) is 5.75 Å². The normalized spacial score (nSPS) is 21.4. The molecule has 4 rings (SSSR count). The third kappa shape index (κ3) is 1.56. The van der Waals surface area contributed by atoms with Crippen molar-refractivity contribution in [3.8, 4) is 5.75 Å². The van der Waals surface area contributed by atoms with Crippen molar-refractivity contribution in [3.63, 3.8) is 0 Å². The summed E-state index contributed by atoms with van der Waals surface area (Å²) < 4.78 is 5.50. The van der Waals surface area contributed by atoms with E-state index >= 15 is 0 Å². The summed E-state index contributed by atoms with van der Waals surface area (Å²) >= 11 is 0. The molecule has 2 aliphatic heterocycles. The number of nitrogens with zero attached hydrogens (tertiary/aromatic N) is 3. The molecule has 0 saturated heterocycles. The fourth-order valence-electron chi connectivity index (χ4n) is 3.05. The van der Waals surface area contributed by atoms with Gasteiger partial charge in [-0.2, -0.15) is 0 Å². The summed E-state index contributed by atoms with van der Waals surface area (Å²) in [5, 5.41) is 1.42. The number of carbonyl (C=O) groups is 1. The molecule has 0 radical (unpaired) electrons. The molecular weight excluding hydrogens is 278 g/mol.